The lowest BCUT2D eigenvalue weighted by atomic mass is 10.3. The highest BCUT2D eigenvalue weighted by atomic mass is 79.9. The van der Waals surface area contributed by atoms with Crippen LogP contribution in [0.4, 0.5) is 0 Å². The molecule has 0 fully saturated rings. The molecule has 20 heavy (non-hydrogen) atoms. The van der Waals surface area contributed by atoms with Crippen molar-refractivity contribution in [1.29, 1.82) is 0 Å². The van der Waals surface area contributed by atoms with E-state index in [1.165, 1.54) is 0 Å². The SMILES string of the molecule is Cc1nn(Cc2nnc(-c3cn(C)nc3C)o2)cc1Br. The Bertz CT molecular complexity index is 736. The van der Waals surface area contributed by atoms with E-state index >= 15 is 0 Å². The van der Waals surface area contributed by atoms with E-state index in [1.807, 2.05) is 33.3 Å². The Morgan fingerprint density at radius 3 is 2.55 bits per heavy atom. The van der Waals surface area contributed by atoms with Gasteiger partial charge >= 0.3 is 0 Å². The van der Waals surface area contributed by atoms with Gasteiger partial charge in [-0.05, 0) is 29.8 Å². The molecule has 0 aliphatic carbocycles. The van der Waals surface area contributed by atoms with E-state index in [1.54, 1.807) is 9.36 Å². The zero-order valence-corrected chi connectivity index (χ0v) is 12.9. The number of hydrogen-bond donors (Lipinski definition) is 0. The van der Waals surface area contributed by atoms with E-state index in [0.717, 1.165) is 21.4 Å². The maximum absolute atomic E-state index is 5.67. The Morgan fingerprint density at radius 2 is 1.95 bits per heavy atom. The lowest BCUT2D eigenvalue weighted by molar-refractivity contribution is 0.473. The second-order valence-electron chi connectivity index (χ2n) is 4.56. The molecule has 0 radical (unpaired) electrons. The van der Waals surface area contributed by atoms with Crippen molar-refractivity contribution in [3.8, 4) is 11.5 Å². The van der Waals surface area contributed by atoms with Crippen LogP contribution in [0, 0.1) is 13.8 Å². The molecular weight excluding hydrogens is 324 g/mol. The molecule has 0 atom stereocenters. The predicted molar refractivity (Wildman–Crippen MR) is 75.0 cm³/mol. The molecule has 0 aliphatic rings. The fourth-order valence-electron chi connectivity index (χ4n) is 1.95. The Morgan fingerprint density at radius 1 is 1.15 bits per heavy atom. The molecule has 0 amide bonds. The highest BCUT2D eigenvalue weighted by Crippen LogP contribution is 2.21. The number of aromatic nitrogens is 6. The summed E-state index contributed by atoms with van der Waals surface area (Å²) in [4.78, 5) is 0. The third-order valence-corrected chi connectivity index (χ3v) is 3.67. The summed E-state index contributed by atoms with van der Waals surface area (Å²) in [5, 5.41) is 16.7. The number of hydrogen-bond acceptors (Lipinski definition) is 5. The third-order valence-electron chi connectivity index (χ3n) is 2.89. The topological polar surface area (TPSA) is 74.6 Å². The maximum Gasteiger partial charge on any atom is 0.251 e. The molecule has 3 heterocycles. The van der Waals surface area contributed by atoms with E-state index in [0.29, 0.717) is 18.3 Å². The molecule has 0 spiro atoms. The average Bonchev–Trinajstić information content (AvgIpc) is 3.02. The molecule has 3 aromatic rings. The molecule has 0 aromatic carbocycles. The van der Waals surface area contributed by atoms with Crippen LogP contribution in [0.3, 0.4) is 0 Å². The summed E-state index contributed by atoms with van der Waals surface area (Å²) in [5.74, 6) is 0.992. The van der Waals surface area contributed by atoms with Gasteiger partial charge in [-0.1, -0.05) is 0 Å². The molecule has 7 nitrogen and oxygen atoms in total. The standard InChI is InChI=1S/C12H13BrN6O/c1-7-9(4-18(3)16-7)12-15-14-11(20-12)6-19-5-10(13)8(2)17-19/h4-5H,6H2,1-3H3. The first-order valence-electron chi connectivity index (χ1n) is 6.05. The third kappa shape index (κ3) is 2.38. The van der Waals surface area contributed by atoms with Crippen molar-refractivity contribution in [3.05, 3.63) is 34.1 Å². The predicted octanol–water partition coefficient (Wildman–Crippen LogP) is 2.09. The van der Waals surface area contributed by atoms with Gasteiger partial charge in [0.1, 0.15) is 6.54 Å². The Labute approximate surface area is 123 Å². The minimum Gasteiger partial charge on any atom is -0.419 e. The van der Waals surface area contributed by atoms with Crippen molar-refractivity contribution in [2.24, 2.45) is 7.05 Å². The summed E-state index contributed by atoms with van der Waals surface area (Å²) in [6.45, 7) is 4.28. The minimum atomic E-state index is 0.443. The molecule has 3 rings (SSSR count). The normalized spacial score (nSPS) is 11.2. The maximum atomic E-state index is 5.67. The van der Waals surface area contributed by atoms with Gasteiger partial charge in [-0.15, -0.1) is 10.2 Å². The number of aryl methyl sites for hydroxylation is 3. The first kappa shape index (κ1) is 13.0. The minimum absolute atomic E-state index is 0.443. The quantitative estimate of drug-likeness (QED) is 0.732. The second kappa shape index (κ2) is 4.86. The van der Waals surface area contributed by atoms with E-state index in [2.05, 4.69) is 36.3 Å². The second-order valence-corrected chi connectivity index (χ2v) is 5.42. The zero-order chi connectivity index (χ0) is 14.3. The van der Waals surface area contributed by atoms with Crippen molar-refractivity contribution in [3.63, 3.8) is 0 Å². The molecule has 8 heteroatoms. The van der Waals surface area contributed by atoms with Crippen LogP contribution < -0.4 is 0 Å². The summed E-state index contributed by atoms with van der Waals surface area (Å²) in [5.41, 5.74) is 2.64. The summed E-state index contributed by atoms with van der Waals surface area (Å²) >= 11 is 3.42. The van der Waals surface area contributed by atoms with E-state index in [9.17, 15) is 0 Å². The van der Waals surface area contributed by atoms with Crippen molar-refractivity contribution >= 4 is 15.9 Å². The van der Waals surface area contributed by atoms with Crippen molar-refractivity contribution in [1.82, 2.24) is 29.8 Å². The lowest BCUT2D eigenvalue weighted by Gasteiger charge is -1.94. The van der Waals surface area contributed by atoms with Crippen LogP contribution in [-0.2, 0) is 13.6 Å². The van der Waals surface area contributed by atoms with Gasteiger partial charge < -0.3 is 4.42 Å². The van der Waals surface area contributed by atoms with Gasteiger partial charge in [0.05, 0.1) is 21.4 Å². The molecule has 0 saturated heterocycles. The van der Waals surface area contributed by atoms with Crippen LogP contribution in [0.2, 0.25) is 0 Å². The first-order valence-corrected chi connectivity index (χ1v) is 6.85. The Kier molecular flexibility index (Phi) is 3.17. The smallest absolute Gasteiger partial charge is 0.251 e. The monoisotopic (exact) mass is 336 g/mol. The zero-order valence-electron chi connectivity index (χ0n) is 11.3. The molecule has 0 aliphatic heterocycles. The summed E-state index contributed by atoms with van der Waals surface area (Å²) in [6.07, 6.45) is 3.75. The largest absolute Gasteiger partial charge is 0.419 e. The van der Waals surface area contributed by atoms with Gasteiger partial charge in [-0.3, -0.25) is 9.36 Å². The lowest BCUT2D eigenvalue weighted by Crippen LogP contribution is -2.00. The molecular formula is C12H13BrN6O. The molecule has 0 N–H and O–H groups in total. The van der Waals surface area contributed by atoms with Crippen molar-refractivity contribution in [2.75, 3.05) is 0 Å². The fraction of sp³-hybridized carbons (Fsp3) is 0.333. The molecule has 3 aromatic heterocycles. The van der Waals surface area contributed by atoms with Gasteiger partial charge in [0.2, 0.25) is 5.89 Å². The van der Waals surface area contributed by atoms with Crippen LogP contribution in [0.25, 0.3) is 11.5 Å². The van der Waals surface area contributed by atoms with Gasteiger partial charge in [-0.2, -0.15) is 10.2 Å². The van der Waals surface area contributed by atoms with Crippen LogP contribution >= 0.6 is 15.9 Å². The van der Waals surface area contributed by atoms with Gasteiger partial charge in [0, 0.05) is 19.4 Å². The molecule has 0 bridgehead atoms. The first-order chi connectivity index (χ1) is 9.52. The van der Waals surface area contributed by atoms with Crippen LogP contribution in [0.15, 0.2) is 21.3 Å². The van der Waals surface area contributed by atoms with E-state index in [-0.39, 0.29) is 0 Å². The molecule has 104 valence electrons. The van der Waals surface area contributed by atoms with Crippen molar-refractivity contribution in [2.45, 2.75) is 20.4 Å². The van der Waals surface area contributed by atoms with Crippen molar-refractivity contribution < 1.29 is 4.42 Å². The molecule has 0 unspecified atom stereocenters. The number of nitrogens with zero attached hydrogens (tertiary/aromatic N) is 6. The van der Waals surface area contributed by atoms with Gasteiger partial charge in [0.15, 0.2) is 0 Å². The van der Waals surface area contributed by atoms with Crippen LogP contribution in [0.5, 0.6) is 0 Å². The van der Waals surface area contributed by atoms with Gasteiger partial charge in [0.25, 0.3) is 5.89 Å². The van der Waals surface area contributed by atoms with Gasteiger partial charge in [-0.25, -0.2) is 0 Å². The van der Waals surface area contributed by atoms with E-state index in [4.69, 9.17) is 4.42 Å². The highest BCUT2D eigenvalue weighted by molar-refractivity contribution is 9.10. The Balaban J connectivity index is 1.85. The molecule has 0 saturated carbocycles. The highest BCUT2D eigenvalue weighted by Gasteiger charge is 2.14. The Hall–Kier alpha value is -1.96. The van der Waals surface area contributed by atoms with Crippen LogP contribution in [-0.4, -0.2) is 29.8 Å². The fourth-order valence-corrected chi connectivity index (χ4v) is 2.26. The average molecular weight is 337 g/mol. The number of halogens is 1. The van der Waals surface area contributed by atoms with E-state index < -0.39 is 0 Å². The summed E-state index contributed by atoms with van der Waals surface area (Å²) in [7, 11) is 1.86. The summed E-state index contributed by atoms with van der Waals surface area (Å²) < 4.78 is 10.1. The van der Waals surface area contributed by atoms with Crippen LogP contribution in [0.1, 0.15) is 17.3 Å². The summed E-state index contributed by atoms with van der Waals surface area (Å²) in [6, 6.07) is 0. The number of rotatable bonds is 3.